The number of hydrogen-bond acceptors (Lipinski definition) is 2. The van der Waals surface area contributed by atoms with Crippen LogP contribution in [0.25, 0.3) is 0 Å². The van der Waals surface area contributed by atoms with Crippen molar-refractivity contribution in [2.24, 2.45) is 5.73 Å². The Bertz CT molecular complexity index is 175. The third kappa shape index (κ3) is 3.65. The van der Waals surface area contributed by atoms with Crippen molar-refractivity contribution >= 4 is 11.8 Å². The number of rotatable bonds is 3. The van der Waals surface area contributed by atoms with E-state index in [0.717, 1.165) is 0 Å². The summed E-state index contributed by atoms with van der Waals surface area (Å²) in [5, 5.41) is 2.39. The van der Waals surface area contributed by atoms with E-state index in [4.69, 9.17) is 5.73 Å². The van der Waals surface area contributed by atoms with Crippen LogP contribution < -0.4 is 11.1 Å². The summed E-state index contributed by atoms with van der Waals surface area (Å²) >= 11 is 0. The Labute approximate surface area is 59.1 Å². The first-order valence-electron chi connectivity index (χ1n) is 2.76. The summed E-state index contributed by atoms with van der Waals surface area (Å²) in [6, 6.07) is 0. The van der Waals surface area contributed by atoms with Crippen molar-refractivity contribution in [2.45, 2.75) is 6.92 Å². The molecule has 4 heteroatoms. The van der Waals surface area contributed by atoms with E-state index in [0.29, 0.717) is 0 Å². The highest BCUT2D eigenvalue weighted by atomic mass is 16.2. The van der Waals surface area contributed by atoms with E-state index in [-0.39, 0.29) is 18.0 Å². The zero-order valence-corrected chi connectivity index (χ0v) is 5.81. The Kier molecular flexibility index (Phi) is 3.17. The average Bonchev–Trinajstić information content (AvgIpc) is 1.82. The standard InChI is InChI=1S/C6H10N2O2/c1-4(6(7)10)3-8-5(2)9/h1,3H2,2H3,(H2,7,10)(H,8,9). The number of primary amides is 1. The van der Waals surface area contributed by atoms with Crippen LogP contribution in [0.2, 0.25) is 0 Å². The van der Waals surface area contributed by atoms with E-state index < -0.39 is 5.91 Å². The van der Waals surface area contributed by atoms with Gasteiger partial charge in [-0.05, 0) is 0 Å². The van der Waals surface area contributed by atoms with Crippen molar-refractivity contribution in [1.82, 2.24) is 5.32 Å². The summed E-state index contributed by atoms with van der Waals surface area (Å²) in [6.45, 7) is 4.82. The molecular weight excluding hydrogens is 132 g/mol. The molecule has 0 bridgehead atoms. The van der Waals surface area contributed by atoms with Crippen LogP contribution in [-0.2, 0) is 9.59 Å². The second kappa shape index (κ2) is 3.66. The van der Waals surface area contributed by atoms with Crippen LogP contribution in [0.1, 0.15) is 6.92 Å². The maximum atomic E-state index is 10.3. The largest absolute Gasteiger partial charge is 0.366 e. The average molecular weight is 142 g/mol. The molecule has 0 aliphatic heterocycles. The fourth-order valence-corrected chi connectivity index (χ4v) is 0.318. The minimum atomic E-state index is -0.589. The number of hydrogen-bond donors (Lipinski definition) is 2. The zero-order chi connectivity index (χ0) is 8.15. The maximum Gasteiger partial charge on any atom is 0.245 e. The Morgan fingerprint density at radius 3 is 2.40 bits per heavy atom. The SMILES string of the molecule is C=C(CNC(C)=O)C(N)=O. The van der Waals surface area contributed by atoms with Gasteiger partial charge < -0.3 is 11.1 Å². The molecule has 0 aromatic heterocycles. The highest BCUT2D eigenvalue weighted by Gasteiger charge is 2.00. The van der Waals surface area contributed by atoms with Crippen LogP contribution in [0.5, 0.6) is 0 Å². The predicted molar refractivity (Wildman–Crippen MR) is 37.0 cm³/mol. The molecule has 0 fully saturated rings. The molecule has 0 rings (SSSR count). The second-order valence-electron chi connectivity index (χ2n) is 1.88. The monoisotopic (exact) mass is 142 g/mol. The van der Waals surface area contributed by atoms with Crippen LogP contribution in [0, 0.1) is 0 Å². The second-order valence-corrected chi connectivity index (χ2v) is 1.88. The van der Waals surface area contributed by atoms with Gasteiger partial charge in [0.2, 0.25) is 11.8 Å². The molecule has 0 unspecified atom stereocenters. The Morgan fingerprint density at radius 1 is 1.60 bits per heavy atom. The van der Waals surface area contributed by atoms with Crippen molar-refractivity contribution in [2.75, 3.05) is 6.54 Å². The molecule has 2 amide bonds. The van der Waals surface area contributed by atoms with Gasteiger partial charge in [-0.3, -0.25) is 9.59 Å². The van der Waals surface area contributed by atoms with Crippen LogP contribution in [-0.4, -0.2) is 18.4 Å². The molecule has 0 radical (unpaired) electrons. The minimum absolute atomic E-state index is 0.130. The van der Waals surface area contributed by atoms with Crippen LogP contribution in [0.15, 0.2) is 12.2 Å². The van der Waals surface area contributed by atoms with E-state index in [1.165, 1.54) is 6.92 Å². The molecule has 0 aliphatic carbocycles. The van der Waals surface area contributed by atoms with Gasteiger partial charge in [-0.2, -0.15) is 0 Å². The predicted octanol–water partition coefficient (Wildman–Crippen LogP) is -0.836. The summed E-state index contributed by atoms with van der Waals surface area (Å²) < 4.78 is 0. The topological polar surface area (TPSA) is 72.2 Å². The molecule has 0 aromatic carbocycles. The lowest BCUT2D eigenvalue weighted by atomic mass is 10.3. The fourth-order valence-electron chi connectivity index (χ4n) is 0.318. The van der Waals surface area contributed by atoms with Gasteiger partial charge in [0.15, 0.2) is 0 Å². The lowest BCUT2D eigenvalue weighted by molar-refractivity contribution is -0.118. The highest BCUT2D eigenvalue weighted by Crippen LogP contribution is 1.82. The van der Waals surface area contributed by atoms with E-state index in [1.807, 2.05) is 0 Å². The first-order valence-corrected chi connectivity index (χ1v) is 2.76. The van der Waals surface area contributed by atoms with Crippen molar-refractivity contribution in [1.29, 1.82) is 0 Å². The molecule has 0 atom stereocenters. The summed E-state index contributed by atoms with van der Waals surface area (Å²) in [7, 11) is 0. The van der Waals surface area contributed by atoms with E-state index in [1.54, 1.807) is 0 Å². The number of carbonyl (C=O) groups is 2. The third-order valence-electron chi connectivity index (χ3n) is 0.899. The molecule has 3 N–H and O–H groups in total. The van der Waals surface area contributed by atoms with E-state index in [2.05, 4.69) is 11.9 Å². The van der Waals surface area contributed by atoms with Gasteiger partial charge in [0.25, 0.3) is 0 Å². The number of carbonyl (C=O) groups excluding carboxylic acids is 2. The van der Waals surface area contributed by atoms with Crippen molar-refractivity contribution in [3.63, 3.8) is 0 Å². The first-order chi connectivity index (χ1) is 4.54. The normalized spacial score (nSPS) is 8.50. The third-order valence-corrected chi connectivity index (χ3v) is 0.899. The molecule has 10 heavy (non-hydrogen) atoms. The number of amides is 2. The van der Waals surface area contributed by atoms with Crippen molar-refractivity contribution < 1.29 is 9.59 Å². The molecule has 0 heterocycles. The lowest BCUT2D eigenvalue weighted by Gasteiger charge is -2.00. The van der Waals surface area contributed by atoms with E-state index >= 15 is 0 Å². The number of nitrogens with one attached hydrogen (secondary N) is 1. The minimum Gasteiger partial charge on any atom is -0.366 e. The molecule has 0 saturated heterocycles. The zero-order valence-electron chi connectivity index (χ0n) is 5.81. The molecule has 0 aliphatic rings. The molecule has 56 valence electrons. The highest BCUT2D eigenvalue weighted by molar-refractivity contribution is 5.92. The van der Waals surface area contributed by atoms with Gasteiger partial charge in [-0.1, -0.05) is 6.58 Å². The first kappa shape index (κ1) is 8.68. The fraction of sp³-hybridized carbons (Fsp3) is 0.333. The van der Waals surface area contributed by atoms with Gasteiger partial charge in [-0.15, -0.1) is 0 Å². The van der Waals surface area contributed by atoms with Crippen LogP contribution >= 0.6 is 0 Å². The van der Waals surface area contributed by atoms with Gasteiger partial charge in [0.05, 0.1) is 0 Å². The summed E-state index contributed by atoms with van der Waals surface area (Å²) in [5.74, 6) is -0.795. The Hall–Kier alpha value is -1.32. The van der Waals surface area contributed by atoms with Gasteiger partial charge in [0.1, 0.15) is 0 Å². The summed E-state index contributed by atoms with van der Waals surface area (Å²) in [5.41, 5.74) is 5.04. The van der Waals surface area contributed by atoms with Gasteiger partial charge >= 0.3 is 0 Å². The molecular formula is C6H10N2O2. The van der Waals surface area contributed by atoms with Gasteiger partial charge in [0, 0.05) is 19.0 Å². The van der Waals surface area contributed by atoms with Crippen LogP contribution in [0.4, 0.5) is 0 Å². The molecule has 4 nitrogen and oxygen atoms in total. The Balaban J connectivity index is 3.60. The molecule has 0 saturated carbocycles. The smallest absolute Gasteiger partial charge is 0.245 e. The molecule has 0 spiro atoms. The van der Waals surface area contributed by atoms with Gasteiger partial charge in [-0.25, -0.2) is 0 Å². The van der Waals surface area contributed by atoms with E-state index in [9.17, 15) is 9.59 Å². The lowest BCUT2D eigenvalue weighted by Crippen LogP contribution is -2.27. The van der Waals surface area contributed by atoms with Crippen LogP contribution in [0.3, 0.4) is 0 Å². The molecule has 0 aromatic rings. The number of nitrogens with two attached hydrogens (primary N) is 1. The summed E-state index contributed by atoms with van der Waals surface area (Å²) in [6.07, 6.45) is 0. The summed E-state index contributed by atoms with van der Waals surface area (Å²) in [4.78, 5) is 20.5. The quantitative estimate of drug-likeness (QED) is 0.504. The van der Waals surface area contributed by atoms with Crippen molar-refractivity contribution in [3.05, 3.63) is 12.2 Å². The Morgan fingerprint density at radius 2 is 2.10 bits per heavy atom. The maximum absolute atomic E-state index is 10.3. The van der Waals surface area contributed by atoms with Crippen molar-refractivity contribution in [3.8, 4) is 0 Å².